The van der Waals surface area contributed by atoms with Gasteiger partial charge in [0.05, 0.1) is 12.7 Å². The number of ether oxygens (including phenoxy) is 3. The lowest BCUT2D eigenvalue weighted by atomic mass is 9.97. The number of methoxy groups -OCH3 is 1. The molecule has 0 fully saturated rings. The minimum absolute atomic E-state index is 0.543. The van der Waals surface area contributed by atoms with Gasteiger partial charge in [-0.15, -0.1) is 0 Å². The Bertz CT molecular complexity index is 454. The molecule has 2 N–H and O–H groups in total. The summed E-state index contributed by atoms with van der Waals surface area (Å²) in [5, 5.41) is 13.6. The van der Waals surface area contributed by atoms with E-state index in [0.29, 0.717) is 37.8 Å². The van der Waals surface area contributed by atoms with Crippen molar-refractivity contribution in [2.75, 3.05) is 26.9 Å². The van der Waals surface area contributed by atoms with Gasteiger partial charge in [0.15, 0.2) is 11.5 Å². The van der Waals surface area contributed by atoms with Crippen LogP contribution in [0.2, 0.25) is 0 Å². The van der Waals surface area contributed by atoms with Crippen LogP contribution in [0, 0.1) is 0 Å². The fourth-order valence-electron chi connectivity index (χ4n) is 2.37. The Labute approximate surface area is 126 Å². The first-order valence-corrected chi connectivity index (χ1v) is 7.51. The zero-order valence-electron chi connectivity index (χ0n) is 13.1. The second kappa shape index (κ2) is 7.00. The minimum Gasteiger partial charge on any atom is -0.493 e. The summed E-state index contributed by atoms with van der Waals surface area (Å²) < 4.78 is 16.6. The molecular weight excluding hydrogens is 270 g/mol. The third-order valence-corrected chi connectivity index (χ3v) is 3.99. The van der Waals surface area contributed by atoms with Crippen LogP contribution in [0.5, 0.6) is 17.2 Å². The van der Waals surface area contributed by atoms with Gasteiger partial charge in [-0.3, -0.25) is 0 Å². The number of aliphatic hydroxyl groups is 1. The molecule has 0 radical (unpaired) electrons. The minimum atomic E-state index is -0.641. The SMILES string of the molecule is CCC(O)(CC)CNCc1cc(OC)c2c(c1)OCCO2. The molecule has 0 bridgehead atoms. The van der Waals surface area contributed by atoms with Crippen LogP contribution in [-0.4, -0.2) is 37.6 Å². The van der Waals surface area contributed by atoms with E-state index in [1.54, 1.807) is 7.11 Å². The van der Waals surface area contributed by atoms with Crippen LogP contribution in [-0.2, 0) is 6.54 Å². The van der Waals surface area contributed by atoms with Crippen LogP contribution >= 0.6 is 0 Å². The highest BCUT2D eigenvalue weighted by atomic mass is 16.6. The molecule has 0 aromatic heterocycles. The lowest BCUT2D eigenvalue weighted by Gasteiger charge is -2.26. The number of nitrogens with one attached hydrogen (secondary N) is 1. The molecule has 0 amide bonds. The van der Waals surface area contributed by atoms with Crippen LogP contribution < -0.4 is 19.5 Å². The van der Waals surface area contributed by atoms with E-state index in [0.717, 1.165) is 24.2 Å². The maximum atomic E-state index is 10.3. The summed E-state index contributed by atoms with van der Waals surface area (Å²) in [6.45, 7) is 6.31. The first kappa shape index (κ1) is 15.9. The van der Waals surface area contributed by atoms with Crippen molar-refractivity contribution < 1.29 is 19.3 Å². The molecule has 1 heterocycles. The Morgan fingerprint density at radius 3 is 2.62 bits per heavy atom. The topological polar surface area (TPSA) is 60.0 Å². The van der Waals surface area contributed by atoms with Crippen molar-refractivity contribution in [3.63, 3.8) is 0 Å². The van der Waals surface area contributed by atoms with E-state index in [-0.39, 0.29) is 0 Å². The molecule has 0 aliphatic carbocycles. The number of benzene rings is 1. The third kappa shape index (κ3) is 3.80. The number of fused-ring (bicyclic) bond motifs is 1. The van der Waals surface area contributed by atoms with E-state index in [4.69, 9.17) is 14.2 Å². The van der Waals surface area contributed by atoms with Gasteiger partial charge in [0, 0.05) is 13.1 Å². The molecule has 0 unspecified atom stereocenters. The van der Waals surface area contributed by atoms with Crippen LogP contribution in [0.15, 0.2) is 12.1 Å². The Kier molecular flexibility index (Phi) is 5.31. The largest absolute Gasteiger partial charge is 0.493 e. The Morgan fingerprint density at radius 1 is 1.24 bits per heavy atom. The molecule has 5 heteroatoms. The lowest BCUT2D eigenvalue weighted by Crippen LogP contribution is -2.39. The van der Waals surface area contributed by atoms with E-state index < -0.39 is 5.60 Å². The van der Waals surface area contributed by atoms with Gasteiger partial charge in [-0.2, -0.15) is 0 Å². The highest BCUT2D eigenvalue weighted by molar-refractivity contribution is 5.54. The van der Waals surface area contributed by atoms with E-state index in [9.17, 15) is 5.11 Å². The zero-order valence-corrected chi connectivity index (χ0v) is 13.1. The Hall–Kier alpha value is -1.46. The number of hydrogen-bond donors (Lipinski definition) is 2. The molecule has 1 aliphatic heterocycles. The van der Waals surface area contributed by atoms with Crippen molar-refractivity contribution >= 4 is 0 Å². The predicted molar refractivity (Wildman–Crippen MR) is 81.2 cm³/mol. The molecule has 1 aromatic rings. The first-order valence-electron chi connectivity index (χ1n) is 7.51. The van der Waals surface area contributed by atoms with Crippen molar-refractivity contribution in [2.24, 2.45) is 0 Å². The second-order valence-electron chi connectivity index (χ2n) is 5.36. The standard InChI is InChI=1S/C16H25NO4/c1-4-16(18,5-2)11-17-10-12-8-13(19-3)15-14(9-12)20-6-7-21-15/h8-9,17-18H,4-7,10-11H2,1-3H3. The average molecular weight is 295 g/mol. The molecule has 0 saturated carbocycles. The Balaban J connectivity index is 2.04. The molecule has 5 nitrogen and oxygen atoms in total. The highest BCUT2D eigenvalue weighted by Crippen LogP contribution is 2.40. The quantitative estimate of drug-likeness (QED) is 0.807. The van der Waals surface area contributed by atoms with Gasteiger partial charge in [-0.25, -0.2) is 0 Å². The summed E-state index contributed by atoms with van der Waals surface area (Å²) in [6, 6.07) is 3.90. The second-order valence-corrected chi connectivity index (χ2v) is 5.36. The number of hydrogen-bond acceptors (Lipinski definition) is 5. The summed E-state index contributed by atoms with van der Waals surface area (Å²) in [4.78, 5) is 0. The molecule has 0 atom stereocenters. The van der Waals surface area contributed by atoms with Crippen LogP contribution in [0.4, 0.5) is 0 Å². The lowest BCUT2D eigenvalue weighted by molar-refractivity contribution is 0.0323. The maximum absolute atomic E-state index is 10.3. The molecule has 1 aromatic carbocycles. The van der Waals surface area contributed by atoms with Crippen molar-refractivity contribution in [1.82, 2.24) is 5.32 Å². The van der Waals surface area contributed by atoms with Gasteiger partial charge < -0.3 is 24.6 Å². The predicted octanol–water partition coefficient (Wildman–Crippen LogP) is 2.11. The molecule has 21 heavy (non-hydrogen) atoms. The number of rotatable bonds is 7. The van der Waals surface area contributed by atoms with Crippen molar-refractivity contribution in [1.29, 1.82) is 0 Å². The van der Waals surface area contributed by atoms with Gasteiger partial charge in [0.1, 0.15) is 13.2 Å². The molecule has 118 valence electrons. The van der Waals surface area contributed by atoms with Gasteiger partial charge >= 0.3 is 0 Å². The molecule has 1 aliphatic rings. The van der Waals surface area contributed by atoms with Crippen LogP contribution in [0.25, 0.3) is 0 Å². The normalized spacial score (nSPS) is 14.1. The maximum Gasteiger partial charge on any atom is 0.203 e. The van der Waals surface area contributed by atoms with Crippen molar-refractivity contribution in [2.45, 2.75) is 38.8 Å². The van der Waals surface area contributed by atoms with Gasteiger partial charge in [-0.05, 0) is 30.5 Å². The zero-order chi connectivity index (χ0) is 15.3. The van der Waals surface area contributed by atoms with Gasteiger partial charge in [-0.1, -0.05) is 13.8 Å². The summed E-state index contributed by atoms with van der Waals surface area (Å²) in [7, 11) is 1.62. The smallest absolute Gasteiger partial charge is 0.203 e. The fourth-order valence-corrected chi connectivity index (χ4v) is 2.37. The average Bonchev–Trinajstić information content (AvgIpc) is 2.53. The third-order valence-electron chi connectivity index (χ3n) is 3.99. The summed E-state index contributed by atoms with van der Waals surface area (Å²) in [6.07, 6.45) is 1.47. The highest BCUT2D eigenvalue weighted by Gasteiger charge is 2.22. The van der Waals surface area contributed by atoms with E-state index in [1.165, 1.54) is 0 Å². The van der Waals surface area contributed by atoms with Crippen molar-refractivity contribution in [3.8, 4) is 17.2 Å². The van der Waals surface area contributed by atoms with Crippen LogP contribution in [0.3, 0.4) is 0 Å². The first-order chi connectivity index (χ1) is 10.1. The van der Waals surface area contributed by atoms with Crippen molar-refractivity contribution in [3.05, 3.63) is 17.7 Å². The van der Waals surface area contributed by atoms with Crippen LogP contribution in [0.1, 0.15) is 32.3 Å². The van der Waals surface area contributed by atoms with E-state index in [2.05, 4.69) is 5.32 Å². The molecule has 2 rings (SSSR count). The molecule has 0 spiro atoms. The Morgan fingerprint density at radius 2 is 1.95 bits per heavy atom. The fraction of sp³-hybridized carbons (Fsp3) is 0.625. The van der Waals surface area contributed by atoms with E-state index in [1.807, 2.05) is 26.0 Å². The summed E-state index contributed by atoms with van der Waals surface area (Å²) >= 11 is 0. The molecule has 0 saturated heterocycles. The monoisotopic (exact) mass is 295 g/mol. The van der Waals surface area contributed by atoms with Gasteiger partial charge in [0.2, 0.25) is 5.75 Å². The summed E-state index contributed by atoms with van der Waals surface area (Å²) in [5.41, 5.74) is 0.406. The van der Waals surface area contributed by atoms with E-state index >= 15 is 0 Å². The summed E-state index contributed by atoms with van der Waals surface area (Å²) in [5.74, 6) is 2.08. The molecular formula is C16H25NO4. The van der Waals surface area contributed by atoms with Gasteiger partial charge in [0.25, 0.3) is 0 Å².